The standard InChI is InChI=1S/C25H35N5O/c1-7-11-13-20-22(12-8-2)27-24-23(18(6)28-30(24)25(20)31)26-21-15-14-19(16-17(21)5)29(9-3)10-4/h14-16H,7-13H2,1-6H3. The van der Waals surface area contributed by atoms with Crippen LogP contribution in [-0.4, -0.2) is 34.2 Å². The van der Waals surface area contributed by atoms with Crippen LogP contribution in [0.15, 0.2) is 33.1 Å². The first kappa shape index (κ1) is 22.9. The lowest BCUT2D eigenvalue weighted by molar-refractivity contribution is 0.706. The molecular weight excluding hydrogens is 386 g/mol. The molecule has 0 fully saturated rings. The molecule has 1 aliphatic heterocycles. The van der Waals surface area contributed by atoms with Crippen molar-refractivity contribution in [2.45, 2.75) is 73.6 Å². The highest BCUT2D eigenvalue weighted by atomic mass is 16.1. The van der Waals surface area contributed by atoms with E-state index < -0.39 is 0 Å². The molecule has 1 aliphatic rings. The normalized spacial score (nSPS) is 14.1. The molecule has 2 heterocycles. The molecule has 0 aliphatic carbocycles. The molecule has 0 radical (unpaired) electrons. The van der Waals surface area contributed by atoms with E-state index in [9.17, 15) is 4.79 Å². The number of aromatic nitrogens is 2. The third kappa shape index (κ3) is 4.63. The Labute approximate surface area is 185 Å². The van der Waals surface area contributed by atoms with E-state index in [0.29, 0.717) is 11.5 Å². The molecular formula is C25H35N5O. The summed E-state index contributed by atoms with van der Waals surface area (Å²) in [5.74, 6) is 0.568. The van der Waals surface area contributed by atoms with Crippen LogP contribution >= 0.6 is 0 Å². The number of hydrogen-bond donors (Lipinski definition) is 0. The Morgan fingerprint density at radius 2 is 1.77 bits per heavy atom. The molecule has 0 atom stereocenters. The maximum absolute atomic E-state index is 13.2. The summed E-state index contributed by atoms with van der Waals surface area (Å²) < 4.78 is 1.46. The molecule has 31 heavy (non-hydrogen) atoms. The van der Waals surface area contributed by atoms with Crippen molar-refractivity contribution in [3.05, 3.63) is 51.2 Å². The zero-order valence-corrected chi connectivity index (χ0v) is 19.8. The summed E-state index contributed by atoms with van der Waals surface area (Å²) in [5.41, 5.74) is 6.27. The minimum absolute atomic E-state index is 0.0416. The SMILES string of the molecule is CCCCc1c(CCC)nc2n(c1=O)N=C(C)C2=Nc1ccc(N(CC)CC)cc1C. The van der Waals surface area contributed by atoms with E-state index in [1.165, 1.54) is 10.4 Å². The molecule has 0 saturated heterocycles. The van der Waals surface area contributed by atoms with Gasteiger partial charge in [-0.3, -0.25) is 4.79 Å². The van der Waals surface area contributed by atoms with Crippen LogP contribution in [0.4, 0.5) is 11.4 Å². The molecule has 3 rings (SSSR count). The van der Waals surface area contributed by atoms with Crippen LogP contribution in [0, 0.1) is 6.92 Å². The molecule has 0 amide bonds. The maximum atomic E-state index is 13.2. The van der Waals surface area contributed by atoms with Crippen molar-refractivity contribution in [3.63, 3.8) is 0 Å². The van der Waals surface area contributed by atoms with Crippen molar-refractivity contribution in [3.8, 4) is 0 Å². The molecule has 0 unspecified atom stereocenters. The summed E-state index contributed by atoms with van der Waals surface area (Å²) in [6.45, 7) is 14.5. The van der Waals surface area contributed by atoms with Crippen molar-refractivity contribution in [2.24, 2.45) is 10.1 Å². The summed E-state index contributed by atoms with van der Waals surface area (Å²) in [7, 11) is 0. The first-order valence-corrected chi connectivity index (χ1v) is 11.6. The number of hydrogen-bond acceptors (Lipinski definition) is 5. The highest BCUT2D eigenvalue weighted by Gasteiger charge is 2.26. The number of rotatable bonds is 9. The average Bonchev–Trinajstić information content (AvgIpc) is 3.06. The molecule has 2 aromatic rings. The Morgan fingerprint density at radius 1 is 1.03 bits per heavy atom. The number of aliphatic imine (C=N–C) groups is 1. The Bertz CT molecular complexity index is 1060. The van der Waals surface area contributed by atoms with E-state index in [0.717, 1.165) is 73.4 Å². The molecule has 166 valence electrons. The van der Waals surface area contributed by atoms with Gasteiger partial charge in [0.15, 0.2) is 5.82 Å². The zero-order chi connectivity index (χ0) is 22.5. The smallest absolute Gasteiger partial charge is 0.277 e. The van der Waals surface area contributed by atoms with Crippen molar-refractivity contribution in [1.82, 2.24) is 9.66 Å². The average molecular weight is 422 g/mol. The van der Waals surface area contributed by atoms with E-state index in [2.05, 4.69) is 56.8 Å². The van der Waals surface area contributed by atoms with Crippen LogP contribution < -0.4 is 10.5 Å². The summed E-state index contributed by atoms with van der Waals surface area (Å²) in [4.78, 5) is 25.3. The van der Waals surface area contributed by atoms with E-state index in [4.69, 9.17) is 9.98 Å². The van der Waals surface area contributed by atoms with Gasteiger partial charge in [0, 0.05) is 24.3 Å². The van der Waals surface area contributed by atoms with Crippen molar-refractivity contribution in [2.75, 3.05) is 18.0 Å². The fourth-order valence-electron chi connectivity index (χ4n) is 4.05. The third-order valence-corrected chi connectivity index (χ3v) is 5.85. The zero-order valence-electron chi connectivity index (χ0n) is 19.8. The van der Waals surface area contributed by atoms with Gasteiger partial charge in [-0.05, 0) is 70.7 Å². The summed E-state index contributed by atoms with van der Waals surface area (Å²) in [6.07, 6.45) is 4.53. The van der Waals surface area contributed by atoms with E-state index >= 15 is 0 Å². The van der Waals surface area contributed by atoms with Crippen LogP contribution in [0.25, 0.3) is 0 Å². The third-order valence-electron chi connectivity index (χ3n) is 5.85. The Hall–Kier alpha value is -2.76. The number of anilines is 1. The minimum Gasteiger partial charge on any atom is -0.372 e. The van der Waals surface area contributed by atoms with Crippen LogP contribution in [0.1, 0.15) is 76.5 Å². The summed E-state index contributed by atoms with van der Waals surface area (Å²) in [6, 6.07) is 6.33. The van der Waals surface area contributed by atoms with Gasteiger partial charge < -0.3 is 4.90 Å². The van der Waals surface area contributed by atoms with Crippen LogP contribution in [0.3, 0.4) is 0 Å². The molecule has 0 spiro atoms. The van der Waals surface area contributed by atoms with Gasteiger partial charge in [0.05, 0.1) is 17.1 Å². The Kier molecular flexibility index (Phi) is 7.42. The second-order valence-corrected chi connectivity index (χ2v) is 8.12. The quantitative estimate of drug-likeness (QED) is 0.569. The number of benzene rings is 1. The molecule has 0 bridgehead atoms. The van der Waals surface area contributed by atoms with Crippen LogP contribution in [-0.2, 0) is 12.8 Å². The largest absolute Gasteiger partial charge is 0.372 e. The minimum atomic E-state index is -0.0416. The van der Waals surface area contributed by atoms with Gasteiger partial charge in [-0.2, -0.15) is 9.78 Å². The second-order valence-electron chi connectivity index (χ2n) is 8.12. The monoisotopic (exact) mass is 421 g/mol. The lowest BCUT2D eigenvalue weighted by Gasteiger charge is -2.21. The number of nitrogens with zero attached hydrogens (tertiary/aromatic N) is 5. The Morgan fingerprint density at radius 3 is 2.39 bits per heavy atom. The molecule has 0 N–H and O–H groups in total. The van der Waals surface area contributed by atoms with Gasteiger partial charge in [-0.25, -0.2) is 9.98 Å². The van der Waals surface area contributed by atoms with Crippen LogP contribution in [0.2, 0.25) is 0 Å². The topological polar surface area (TPSA) is 62.9 Å². The van der Waals surface area contributed by atoms with E-state index in [1.807, 2.05) is 13.0 Å². The highest BCUT2D eigenvalue weighted by molar-refractivity contribution is 6.48. The first-order chi connectivity index (χ1) is 14.9. The number of unbranched alkanes of at least 4 members (excludes halogenated alkanes) is 1. The van der Waals surface area contributed by atoms with Gasteiger partial charge in [0.1, 0.15) is 5.71 Å². The molecule has 6 nitrogen and oxygen atoms in total. The fraction of sp³-hybridized carbons (Fsp3) is 0.520. The van der Waals surface area contributed by atoms with Crippen LogP contribution in [0.5, 0.6) is 0 Å². The van der Waals surface area contributed by atoms with Crippen molar-refractivity contribution >= 4 is 22.8 Å². The van der Waals surface area contributed by atoms with E-state index in [-0.39, 0.29) is 5.56 Å². The summed E-state index contributed by atoms with van der Waals surface area (Å²) in [5, 5.41) is 4.52. The number of aryl methyl sites for hydroxylation is 2. The van der Waals surface area contributed by atoms with Gasteiger partial charge in [0.2, 0.25) is 0 Å². The van der Waals surface area contributed by atoms with Crippen molar-refractivity contribution in [1.29, 1.82) is 0 Å². The lowest BCUT2D eigenvalue weighted by Crippen LogP contribution is -2.27. The van der Waals surface area contributed by atoms with Gasteiger partial charge in [-0.15, -0.1) is 0 Å². The Balaban J connectivity index is 2.07. The second kappa shape index (κ2) is 10.0. The predicted octanol–water partition coefficient (Wildman–Crippen LogP) is 5.05. The number of fused-ring (bicyclic) bond motifs is 1. The molecule has 6 heteroatoms. The first-order valence-electron chi connectivity index (χ1n) is 11.6. The van der Waals surface area contributed by atoms with Crippen molar-refractivity contribution < 1.29 is 0 Å². The maximum Gasteiger partial charge on any atom is 0.277 e. The van der Waals surface area contributed by atoms with Gasteiger partial charge in [0.25, 0.3) is 5.56 Å². The molecule has 1 aromatic carbocycles. The van der Waals surface area contributed by atoms with Gasteiger partial charge >= 0.3 is 0 Å². The van der Waals surface area contributed by atoms with Gasteiger partial charge in [-0.1, -0.05) is 26.7 Å². The highest BCUT2D eigenvalue weighted by Crippen LogP contribution is 2.26. The fourth-order valence-corrected chi connectivity index (χ4v) is 4.05. The molecule has 1 aromatic heterocycles. The van der Waals surface area contributed by atoms with E-state index in [1.54, 1.807) is 0 Å². The summed E-state index contributed by atoms with van der Waals surface area (Å²) >= 11 is 0. The lowest BCUT2D eigenvalue weighted by atomic mass is 10.0. The predicted molar refractivity (Wildman–Crippen MR) is 131 cm³/mol. The molecule has 0 saturated carbocycles.